The van der Waals surface area contributed by atoms with Crippen LogP contribution in [0.2, 0.25) is 5.02 Å². The van der Waals surface area contributed by atoms with Crippen molar-refractivity contribution in [2.24, 2.45) is 0 Å². The molecule has 0 fully saturated rings. The largest absolute Gasteiger partial charge is 0.453 e. The molecule has 1 amide bonds. The molecular weight excluding hydrogens is 433 g/mol. The smallest absolute Gasteiger partial charge is 0.268 e. The van der Waals surface area contributed by atoms with E-state index in [-0.39, 0.29) is 22.2 Å². The van der Waals surface area contributed by atoms with E-state index in [9.17, 15) is 9.18 Å². The van der Waals surface area contributed by atoms with Crippen molar-refractivity contribution in [3.63, 3.8) is 0 Å². The molecule has 2 aromatic carbocycles. The lowest BCUT2D eigenvalue weighted by atomic mass is 9.99. The molecule has 1 unspecified atom stereocenters. The second-order valence-electron chi connectivity index (χ2n) is 7.97. The first-order valence-corrected chi connectivity index (χ1v) is 10.7. The Morgan fingerprint density at radius 1 is 1.25 bits per heavy atom. The van der Waals surface area contributed by atoms with Crippen molar-refractivity contribution >= 4 is 34.8 Å². The minimum atomic E-state index is -0.800. The highest BCUT2D eigenvalue weighted by Gasteiger charge is 2.36. The number of fused-ring (bicyclic) bond motifs is 2. The lowest BCUT2D eigenvalue weighted by molar-refractivity contribution is 0.0865. The van der Waals surface area contributed by atoms with E-state index in [4.69, 9.17) is 16.3 Å². The van der Waals surface area contributed by atoms with E-state index in [2.05, 4.69) is 39.4 Å². The second-order valence-corrected chi connectivity index (χ2v) is 8.38. The topological polar surface area (TPSA) is 70.6 Å². The Balaban J connectivity index is 1.42. The number of ether oxygens (including phenoxy) is 1. The van der Waals surface area contributed by atoms with Gasteiger partial charge in [-0.2, -0.15) is 4.98 Å². The van der Waals surface area contributed by atoms with Gasteiger partial charge in [-0.25, -0.2) is 9.37 Å². The summed E-state index contributed by atoms with van der Waals surface area (Å²) in [5, 5.41) is 3.30. The Hall–Kier alpha value is -3.23. The van der Waals surface area contributed by atoms with E-state index in [0.717, 1.165) is 25.2 Å². The van der Waals surface area contributed by atoms with E-state index in [0.29, 0.717) is 5.95 Å². The van der Waals surface area contributed by atoms with Crippen molar-refractivity contribution in [2.75, 3.05) is 23.8 Å². The van der Waals surface area contributed by atoms with Crippen molar-refractivity contribution in [1.82, 2.24) is 14.9 Å². The lowest BCUT2D eigenvalue weighted by Gasteiger charge is -2.34. The van der Waals surface area contributed by atoms with Crippen LogP contribution in [0, 0.1) is 5.82 Å². The third-order valence-corrected chi connectivity index (χ3v) is 6.00. The van der Waals surface area contributed by atoms with E-state index < -0.39 is 18.0 Å². The van der Waals surface area contributed by atoms with Crippen molar-refractivity contribution in [2.45, 2.75) is 26.1 Å². The quantitative estimate of drug-likeness (QED) is 0.634. The molecule has 5 rings (SSSR count). The zero-order chi connectivity index (χ0) is 22.4. The molecule has 0 spiro atoms. The Morgan fingerprint density at radius 2 is 2.09 bits per heavy atom. The highest BCUT2D eigenvalue weighted by Crippen LogP contribution is 2.36. The van der Waals surface area contributed by atoms with Crippen LogP contribution in [0.4, 0.5) is 21.7 Å². The van der Waals surface area contributed by atoms with Gasteiger partial charge in [0.2, 0.25) is 11.8 Å². The van der Waals surface area contributed by atoms with Gasteiger partial charge in [0, 0.05) is 25.0 Å². The summed E-state index contributed by atoms with van der Waals surface area (Å²) in [5.41, 5.74) is 3.57. The molecule has 0 aliphatic carbocycles. The predicted molar refractivity (Wildman–Crippen MR) is 120 cm³/mol. The Morgan fingerprint density at radius 3 is 2.91 bits per heavy atom. The highest BCUT2D eigenvalue weighted by atomic mass is 35.5. The fraction of sp³-hybridized carbons (Fsp3) is 0.261. The predicted octanol–water partition coefficient (Wildman–Crippen LogP) is 4.39. The van der Waals surface area contributed by atoms with Crippen molar-refractivity contribution in [3.05, 3.63) is 70.1 Å². The molecule has 1 N–H and O–H groups in total. The van der Waals surface area contributed by atoms with Gasteiger partial charge in [0.15, 0.2) is 6.23 Å². The number of benzene rings is 2. The van der Waals surface area contributed by atoms with Gasteiger partial charge in [-0.3, -0.25) is 9.69 Å². The molecule has 0 saturated carbocycles. The van der Waals surface area contributed by atoms with Gasteiger partial charge in [0.1, 0.15) is 17.1 Å². The van der Waals surface area contributed by atoms with Crippen LogP contribution in [-0.2, 0) is 13.0 Å². The normalized spacial score (nSPS) is 18.1. The van der Waals surface area contributed by atoms with Crippen LogP contribution in [-0.4, -0.2) is 40.6 Å². The van der Waals surface area contributed by atoms with Crippen LogP contribution >= 0.6 is 11.6 Å². The Bertz CT molecular complexity index is 1200. The van der Waals surface area contributed by atoms with E-state index >= 15 is 0 Å². The van der Waals surface area contributed by atoms with Crippen LogP contribution in [0.3, 0.4) is 0 Å². The third-order valence-electron chi connectivity index (χ3n) is 5.69. The number of anilines is 3. The van der Waals surface area contributed by atoms with E-state index in [1.54, 1.807) is 6.92 Å². The van der Waals surface area contributed by atoms with Crippen LogP contribution in [0.1, 0.15) is 28.4 Å². The van der Waals surface area contributed by atoms with E-state index in [1.807, 2.05) is 6.07 Å². The van der Waals surface area contributed by atoms with Gasteiger partial charge in [-0.05, 0) is 55.8 Å². The van der Waals surface area contributed by atoms with Crippen LogP contribution in [0.5, 0.6) is 5.88 Å². The Labute approximate surface area is 189 Å². The van der Waals surface area contributed by atoms with Crippen molar-refractivity contribution < 1.29 is 13.9 Å². The molecule has 7 nitrogen and oxygen atoms in total. The summed E-state index contributed by atoms with van der Waals surface area (Å²) in [5.74, 6) is -0.636. The van der Waals surface area contributed by atoms with Gasteiger partial charge in [-0.1, -0.05) is 23.7 Å². The van der Waals surface area contributed by atoms with Gasteiger partial charge in [0.05, 0.1) is 5.02 Å². The zero-order valence-corrected chi connectivity index (χ0v) is 18.4. The standard InChI is InChI=1S/C23H21ClFN5O2/c1-13-30(20-18(24)4-3-5-19(20)25)22(31)17-11-26-23(28-21(17)32-13)27-16-7-6-14-8-9-29(2)12-15(14)10-16/h3-7,10-11,13H,8-9,12H2,1-2H3,(H,26,27,28). The summed E-state index contributed by atoms with van der Waals surface area (Å²) < 4.78 is 20.3. The maximum absolute atomic E-state index is 14.4. The van der Waals surface area contributed by atoms with Gasteiger partial charge in [-0.15, -0.1) is 0 Å². The molecule has 32 heavy (non-hydrogen) atoms. The van der Waals surface area contributed by atoms with Crippen LogP contribution in [0.25, 0.3) is 0 Å². The molecular formula is C23H21ClFN5O2. The molecule has 1 atom stereocenters. The summed E-state index contributed by atoms with van der Waals surface area (Å²) in [6, 6.07) is 10.4. The summed E-state index contributed by atoms with van der Waals surface area (Å²) in [4.78, 5) is 25.2. The number of aromatic nitrogens is 2. The number of hydrogen-bond donors (Lipinski definition) is 1. The number of nitrogens with zero attached hydrogens (tertiary/aromatic N) is 4. The maximum Gasteiger partial charge on any atom is 0.268 e. The molecule has 2 aliphatic heterocycles. The first-order valence-electron chi connectivity index (χ1n) is 10.3. The van der Waals surface area contributed by atoms with Gasteiger partial charge >= 0.3 is 0 Å². The number of carbonyl (C=O) groups is 1. The zero-order valence-electron chi connectivity index (χ0n) is 17.6. The molecule has 2 aliphatic rings. The van der Waals surface area contributed by atoms with Crippen LogP contribution < -0.4 is 15.0 Å². The fourth-order valence-corrected chi connectivity index (χ4v) is 4.33. The van der Waals surface area contributed by atoms with E-state index in [1.165, 1.54) is 40.4 Å². The highest BCUT2D eigenvalue weighted by molar-refractivity contribution is 6.34. The number of para-hydroxylation sites is 1. The number of carbonyl (C=O) groups excluding carboxylic acids is 1. The molecule has 3 heterocycles. The number of amides is 1. The molecule has 1 aromatic heterocycles. The minimum absolute atomic E-state index is 0.0291. The first-order chi connectivity index (χ1) is 15.4. The summed E-state index contributed by atoms with van der Waals surface area (Å²) >= 11 is 6.16. The van der Waals surface area contributed by atoms with Crippen LogP contribution in [0.15, 0.2) is 42.6 Å². The monoisotopic (exact) mass is 453 g/mol. The third kappa shape index (κ3) is 3.65. The number of hydrogen-bond acceptors (Lipinski definition) is 6. The molecule has 0 radical (unpaired) electrons. The molecule has 0 bridgehead atoms. The average Bonchev–Trinajstić information content (AvgIpc) is 2.75. The van der Waals surface area contributed by atoms with Crippen molar-refractivity contribution in [3.8, 4) is 5.88 Å². The van der Waals surface area contributed by atoms with Gasteiger partial charge < -0.3 is 15.0 Å². The lowest BCUT2D eigenvalue weighted by Crippen LogP contribution is -2.47. The molecule has 164 valence electrons. The van der Waals surface area contributed by atoms with Gasteiger partial charge in [0.25, 0.3) is 5.91 Å². The van der Waals surface area contributed by atoms with Crippen molar-refractivity contribution in [1.29, 1.82) is 0 Å². The fourth-order valence-electron chi connectivity index (χ4n) is 4.08. The molecule has 9 heteroatoms. The minimum Gasteiger partial charge on any atom is -0.453 e. The molecule has 0 saturated heterocycles. The SMILES string of the molecule is CC1Oc2nc(Nc3ccc4c(c3)CN(C)CC4)ncc2C(=O)N1c1c(F)cccc1Cl. The Kier molecular flexibility index (Phi) is 5.19. The maximum atomic E-state index is 14.4. The number of halogens is 2. The number of rotatable bonds is 3. The average molecular weight is 454 g/mol. The summed E-state index contributed by atoms with van der Waals surface area (Å²) in [6.07, 6.45) is 1.61. The summed E-state index contributed by atoms with van der Waals surface area (Å²) in [6.45, 7) is 3.57. The molecule has 3 aromatic rings. The first kappa shape index (κ1) is 20.7. The number of likely N-dealkylation sites (N-methyl/N-ethyl adjacent to an activating group) is 1. The number of nitrogens with one attached hydrogen (secondary N) is 1. The second kappa shape index (κ2) is 8.03. The summed E-state index contributed by atoms with van der Waals surface area (Å²) in [7, 11) is 2.10.